The Labute approximate surface area is 347 Å². The van der Waals surface area contributed by atoms with Gasteiger partial charge in [-0.25, -0.2) is 0 Å². The van der Waals surface area contributed by atoms with Crippen LogP contribution >= 0.6 is 0 Å². The monoisotopic (exact) mass is 765 g/mol. The van der Waals surface area contributed by atoms with E-state index in [1.54, 1.807) is 0 Å². The zero-order valence-corrected chi connectivity index (χ0v) is 33.4. The third-order valence-corrected chi connectivity index (χ3v) is 13.4. The van der Waals surface area contributed by atoms with E-state index in [4.69, 9.17) is 0 Å². The summed E-state index contributed by atoms with van der Waals surface area (Å²) in [5.41, 5.74) is 18.6. The second-order valence-corrected chi connectivity index (χ2v) is 17.0. The fourth-order valence-corrected chi connectivity index (χ4v) is 10.6. The lowest BCUT2D eigenvalue weighted by Gasteiger charge is -2.22. The Morgan fingerprint density at radius 3 is 1.48 bits per heavy atom. The average Bonchev–Trinajstić information content (AvgIpc) is 3.99. The van der Waals surface area contributed by atoms with Gasteiger partial charge in [-0.2, -0.15) is 0 Å². The lowest BCUT2D eigenvalue weighted by atomic mass is 9.82. The largest absolute Gasteiger partial charge is 0.309 e. The fraction of sp³-hybridized carbons (Fsp3) is 0.0526. The molecule has 0 fully saturated rings. The van der Waals surface area contributed by atoms with Crippen LogP contribution in [0.3, 0.4) is 0 Å². The van der Waals surface area contributed by atoms with Crippen LogP contribution in [0.15, 0.2) is 200 Å². The summed E-state index contributed by atoms with van der Waals surface area (Å²) in [5.74, 6) is 0. The van der Waals surface area contributed by atoms with Crippen molar-refractivity contribution in [3.05, 3.63) is 211 Å². The summed E-state index contributed by atoms with van der Waals surface area (Å²) < 4.78 is 7.31. The second kappa shape index (κ2) is 12.2. The van der Waals surface area contributed by atoms with E-state index in [2.05, 4.69) is 228 Å². The van der Waals surface area contributed by atoms with Gasteiger partial charge in [0.1, 0.15) is 0 Å². The van der Waals surface area contributed by atoms with Crippen LogP contribution in [-0.2, 0) is 5.41 Å². The molecule has 13 rings (SSSR count). The summed E-state index contributed by atoms with van der Waals surface area (Å²) in [5, 5.41) is 7.51. The van der Waals surface area contributed by atoms with Crippen LogP contribution in [0.4, 0.5) is 0 Å². The zero-order valence-electron chi connectivity index (χ0n) is 33.4. The van der Waals surface area contributed by atoms with Crippen LogP contribution in [0, 0.1) is 0 Å². The Morgan fingerprint density at radius 2 is 0.750 bits per heavy atom. The molecule has 0 radical (unpaired) electrons. The Morgan fingerprint density at radius 1 is 0.283 bits per heavy atom. The lowest BCUT2D eigenvalue weighted by Crippen LogP contribution is -2.15. The van der Waals surface area contributed by atoms with Crippen molar-refractivity contribution in [3.8, 4) is 39.3 Å². The van der Waals surface area contributed by atoms with Crippen LogP contribution in [0.25, 0.3) is 105 Å². The number of hydrogen-bond acceptors (Lipinski definition) is 0. The van der Waals surface area contributed by atoms with Gasteiger partial charge in [0, 0.05) is 54.8 Å². The normalized spacial score (nSPS) is 13.3. The van der Waals surface area contributed by atoms with E-state index in [0.29, 0.717) is 0 Å². The number of aromatic nitrogens is 3. The molecule has 0 unspecified atom stereocenters. The van der Waals surface area contributed by atoms with Gasteiger partial charge in [-0.1, -0.05) is 135 Å². The molecule has 3 aromatic heterocycles. The summed E-state index contributed by atoms with van der Waals surface area (Å²) in [4.78, 5) is 0. The Hall–Kier alpha value is -7.62. The summed E-state index contributed by atoms with van der Waals surface area (Å²) in [7, 11) is 0. The Bertz CT molecular complexity index is 3740. The molecule has 0 saturated carbocycles. The van der Waals surface area contributed by atoms with Crippen molar-refractivity contribution >= 4 is 65.4 Å². The molecule has 0 aliphatic heterocycles. The molecule has 3 nitrogen and oxygen atoms in total. The molecule has 0 N–H and O–H groups in total. The van der Waals surface area contributed by atoms with Gasteiger partial charge in [-0.3, -0.25) is 0 Å². The van der Waals surface area contributed by atoms with Crippen molar-refractivity contribution in [2.75, 3.05) is 0 Å². The molecule has 282 valence electrons. The standard InChI is InChI=1S/C57H39N3/c1-57(2)49-20-10-6-16-41(49)42-29-26-40(35-50(42)57)59-53-23-13-9-19-45(53)48-34-39(27-31-55(48)59)60-51-21-11-7-17-43(51)46-28-24-37(33-56(46)60)36-25-30-54-47(32-36)44-18-8-12-22-52(44)58(54)38-14-4-3-5-15-38/h3-35H,1-2H3. The first-order valence-electron chi connectivity index (χ1n) is 20.9. The van der Waals surface area contributed by atoms with E-state index >= 15 is 0 Å². The van der Waals surface area contributed by atoms with E-state index in [1.807, 2.05) is 0 Å². The van der Waals surface area contributed by atoms with Crippen molar-refractivity contribution in [3.63, 3.8) is 0 Å². The smallest absolute Gasteiger partial charge is 0.0547 e. The minimum absolute atomic E-state index is 0.0734. The van der Waals surface area contributed by atoms with E-state index in [1.165, 1.54) is 110 Å². The third kappa shape index (κ3) is 4.55. The first-order chi connectivity index (χ1) is 29.5. The van der Waals surface area contributed by atoms with Gasteiger partial charge in [-0.15, -0.1) is 0 Å². The molecule has 0 atom stereocenters. The minimum atomic E-state index is -0.0734. The van der Waals surface area contributed by atoms with Crippen LogP contribution < -0.4 is 0 Å². The van der Waals surface area contributed by atoms with Crippen molar-refractivity contribution < 1.29 is 0 Å². The van der Waals surface area contributed by atoms with Gasteiger partial charge in [0.15, 0.2) is 0 Å². The first kappa shape index (κ1) is 33.4. The van der Waals surface area contributed by atoms with Crippen LogP contribution in [0.2, 0.25) is 0 Å². The quantitative estimate of drug-likeness (QED) is 0.169. The van der Waals surface area contributed by atoms with Crippen LogP contribution in [0.1, 0.15) is 25.0 Å². The zero-order chi connectivity index (χ0) is 39.7. The highest BCUT2D eigenvalue weighted by Gasteiger charge is 2.35. The summed E-state index contributed by atoms with van der Waals surface area (Å²) in [6, 6.07) is 74.1. The molecule has 12 aromatic rings. The molecular weight excluding hydrogens is 727 g/mol. The minimum Gasteiger partial charge on any atom is -0.309 e. The fourth-order valence-electron chi connectivity index (χ4n) is 10.6. The van der Waals surface area contributed by atoms with E-state index in [9.17, 15) is 0 Å². The molecule has 1 aliphatic carbocycles. The number of fused-ring (bicyclic) bond motifs is 12. The first-order valence-corrected chi connectivity index (χ1v) is 20.9. The maximum absolute atomic E-state index is 2.47. The molecule has 3 heteroatoms. The van der Waals surface area contributed by atoms with E-state index in [-0.39, 0.29) is 5.41 Å². The van der Waals surface area contributed by atoms with Crippen molar-refractivity contribution in [2.24, 2.45) is 0 Å². The van der Waals surface area contributed by atoms with Gasteiger partial charge in [0.05, 0.1) is 33.1 Å². The molecule has 1 aliphatic rings. The number of hydrogen-bond donors (Lipinski definition) is 0. The molecule has 0 saturated heterocycles. The number of benzene rings is 9. The van der Waals surface area contributed by atoms with Gasteiger partial charge in [0.2, 0.25) is 0 Å². The maximum Gasteiger partial charge on any atom is 0.0547 e. The van der Waals surface area contributed by atoms with Crippen molar-refractivity contribution in [1.82, 2.24) is 13.7 Å². The topological polar surface area (TPSA) is 14.8 Å². The highest BCUT2D eigenvalue weighted by atomic mass is 15.0. The van der Waals surface area contributed by atoms with Gasteiger partial charge < -0.3 is 13.7 Å². The molecule has 60 heavy (non-hydrogen) atoms. The third-order valence-electron chi connectivity index (χ3n) is 13.4. The highest BCUT2D eigenvalue weighted by Crippen LogP contribution is 2.49. The predicted molar refractivity (Wildman–Crippen MR) is 252 cm³/mol. The SMILES string of the molecule is CC1(C)c2ccccc2-c2ccc(-n3c4ccccc4c4cc(-n5c6ccccc6c6ccc(-c7ccc8c(c7)c7ccccc7n8-c7ccccc7)cc65)ccc43)cc21. The summed E-state index contributed by atoms with van der Waals surface area (Å²) >= 11 is 0. The Balaban J connectivity index is 0.991. The van der Waals surface area contributed by atoms with Crippen molar-refractivity contribution in [1.29, 1.82) is 0 Å². The molecular formula is C57H39N3. The lowest BCUT2D eigenvalue weighted by molar-refractivity contribution is 0.660. The molecule has 9 aromatic carbocycles. The van der Waals surface area contributed by atoms with Crippen LogP contribution in [-0.4, -0.2) is 13.7 Å². The Kier molecular flexibility index (Phi) is 6.78. The number of rotatable bonds is 4. The van der Waals surface area contributed by atoms with Crippen LogP contribution in [0.5, 0.6) is 0 Å². The number of para-hydroxylation sites is 4. The summed E-state index contributed by atoms with van der Waals surface area (Å²) in [6.07, 6.45) is 0. The number of nitrogens with zero attached hydrogens (tertiary/aromatic N) is 3. The summed E-state index contributed by atoms with van der Waals surface area (Å²) in [6.45, 7) is 4.72. The molecule has 0 amide bonds. The molecule has 3 heterocycles. The van der Waals surface area contributed by atoms with Gasteiger partial charge in [-0.05, 0) is 112 Å². The maximum atomic E-state index is 2.47. The average molecular weight is 766 g/mol. The molecule has 0 spiro atoms. The van der Waals surface area contributed by atoms with Gasteiger partial charge >= 0.3 is 0 Å². The molecule has 0 bridgehead atoms. The van der Waals surface area contributed by atoms with Gasteiger partial charge in [0.25, 0.3) is 0 Å². The van der Waals surface area contributed by atoms with E-state index < -0.39 is 0 Å². The van der Waals surface area contributed by atoms with Crippen molar-refractivity contribution in [2.45, 2.75) is 19.3 Å². The highest BCUT2D eigenvalue weighted by molar-refractivity contribution is 6.14. The second-order valence-electron chi connectivity index (χ2n) is 17.0. The predicted octanol–water partition coefficient (Wildman–Crippen LogP) is 15.0. The van der Waals surface area contributed by atoms with E-state index in [0.717, 1.165) is 5.69 Å².